The van der Waals surface area contributed by atoms with Crippen LogP contribution in [0.25, 0.3) is 0 Å². The Bertz CT molecular complexity index is 1180. The van der Waals surface area contributed by atoms with Crippen LogP contribution in [0, 0.1) is 0 Å². The Labute approximate surface area is 226 Å². The van der Waals surface area contributed by atoms with Crippen LogP contribution in [0.1, 0.15) is 18.5 Å². The molecule has 0 spiro atoms. The molecule has 2 unspecified atom stereocenters. The van der Waals surface area contributed by atoms with E-state index in [0.717, 1.165) is 12.1 Å². The Morgan fingerprint density at radius 2 is 1.86 bits per heavy atom. The third-order valence-corrected chi connectivity index (χ3v) is 6.45. The first-order chi connectivity index (χ1) is 15.8. The van der Waals surface area contributed by atoms with Gasteiger partial charge in [0.15, 0.2) is 0 Å². The quantitative estimate of drug-likeness (QED) is 0.136. The summed E-state index contributed by atoms with van der Waals surface area (Å²) >= 11 is 5.89. The molecule has 2 saturated heterocycles. The fourth-order valence-corrected chi connectivity index (χ4v) is 4.22. The number of phenols is 1. The SMILES string of the molecule is CCN1CCN(C(=O)NC(C(=O)NC2CN(S(=O)(=O)O)C2=O)c2ccc(O)c(Cl)c2)C(=O)C1=O.[NaH]. The molecule has 35 heavy (non-hydrogen) atoms. The number of hydrogen-bond donors (Lipinski definition) is 4. The van der Waals surface area contributed by atoms with E-state index in [4.69, 9.17) is 16.2 Å². The molecule has 2 aliphatic heterocycles. The van der Waals surface area contributed by atoms with Crippen molar-refractivity contribution in [2.45, 2.75) is 19.0 Å². The Morgan fingerprint density at radius 1 is 1.20 bits per heavy atom. The number of carbonyl (C=O) groups excluding carboxylic acids is 5. The van der Waals surface area contributed by atoms with E-state index in [0.29, 0.717) is 4.90 Å². The molecule has 17 heteroatoms. The van der Waals surface area contributed by atoms with Gasteiger partial charge < -0.3 is 20.6 Å². The van der Waals surface area contributed by atoms with Crippen molar-refractivity contribution < 1.29 is 42.0 Å². The van der Waals surface area contributed by atoms with Crippen LogP contribution in [0.2, 0.25) is 5.02 Å². The van der Waals surface area contributed by atoms with E-state index in [2.05, 4.69) is 10.6 Å². The minimum atomic E-state index is -4.78. The number of likely N-dealkylation sites (N-methyl/N-ethyl adjacent to an activating group) is 1. The molecule has 186 valence electrons. The second-order valence-electron chi connectivity index (χ2n) is 7.34. The van der Waals surface area contributed by atoms with Gasteiger partial charge in [0.05, 0.1) is 11.6 Å². The van der Waals surface area contributed by atoms with Gasteiger partial charge in [0.1, 0.15) is 17.8 Å². The first-order valence-electron chi connectivity index (χ1n) is 9.84. The summed E-state index contributed by atoms with van der Waals surface area (Å²) in [6.07, 6.45) is 0. The summed E-state index contributed by atoms with van der Waals surface area (Å²) in [7, 11) is -4.78. The molecule has 4 N–H and O–H groups in total. The first-order valence-corrected chi connectivity index (χ1v) is 11.6. The van der Waals surface area contributed by atoms with Crippen molar-refractivity contribution in [3.05, 3.63) is 28.8 Å². The summed E-state index contributed by atoms with van der Waals surface area (Å²) in [6, 6.07) is -0.369. The van der Waals surface area contributed by atoms with Crippen molar-refractivity contribution >= 4 is 81.1 Å². The number of carbonyl (C=O) groups is 5. The summed E-state index contributed by atoms with van der Waals surface area (Å²) in [5.41, 5.74) is 0.0537. The summed E-state index contributed by atoms with van der Waals surface area (Å²) in [5.74, 6) is -4.37. The Hall–Kier alpha value is -2.43. The Kier molecular flexibility index (Phi) is 9.13. The second-order valence-corrected chi connectivity index (χ2v) is 9.09. The number of phenolic OH excluding ortho intramolecular Hbond substituents is 1. The summed E-state index contributed by atoms with van der Waals surface area (Å²) in [5, 5.41) is 14.0. The number of nitrogens with zero attached hydrogens (tertiary/aromatic N) is 3. The van der Waals surface area contributed by atoms with Gasteiger partial charge in [-0.1, -0.05) is 17.7 Å². The van der Waals surface area contributed by atoms with Gasteiger partial charge in [-0.05, 0) is 24.6 Å². The Morgan fingerprint density at radius 3 is 2.40 bits per heavy atom. The van der Waals surface area contributed by atoms with Crippen LogP contribution in [-0.2, 0) is 29.5 Å². The summed E-state index contributed by atoms with van der Waals surface area (Å²) < 4.78 is 31.3. The van der Waals surface area contributed by atoms with E-state index in [1.54, 1.807) is 6.92 Å². The molecule has 2 fully saturated rings. The molecule has 2 aliphatic rings. The zero-order valence-corrected chi connectivity index (χ0v) is 19.2. The molecule has 2 atom stereocenters. The molecule has 3 rings (SSSR count). The standard InChI is InChI=1S/C18H20ClN5O9S.Na.H/c1-2-22-5-6-23(17(29)16(22)28)18(30)21-13(9-3-4-12(25)10(19)7-9)14(26)20-11-8-24(15(11)27)34(31,32)33;;/h3-4,7,11,13,25H,2,5-6,8H2,1H3,(H,20,26)(H,21,30)(H,31,32,33);;. The van der Waals surface area contributed by atoms with E-state index in [9.17, 15) is 37.5 Å². The maximum atomic E-state index is 12.9. The zero-order valence-electron chi connectivity index (χ0n) is 17.6. The van der Waals surface area contributed by atoms with Crippen LogP contribution in [0.3, 0.4) is 0 Å². The molecular formula is C18H21ClN5NaO9S. The van der Waals surface area contributed by atoms with Crippen LogP contribution in [0.15, 0.2) is 18.2 Å². The van der Waals surface area contributed by atoms with Gasteiger partial charge in [-0.3, -0.25) is 28.6 Å². The number of aromatic hydroxyl groups is 1. The predicted octanol–water partition coefficient (Wildman–Crippen LogP) is -2.03. The molecule has 6 amide bonds. The molecular weight excluding hydrogens is 521 g/mol. The van der Waals surface area contributed by atoms with Crippen molar-refractivity contribution in [2.75, 3.05) is 26.2 Å². The number of halogens is 1. The van der Waals surface area contributed by atoms with Gasteiger partial charge in [-0.25, -0.2) is 9.10 Å². The summed E-state index contributed by atoms with van der Waals surface area (Å²) in [6.45, 7) is 1.37. The van der Waals surface area contributed by atoms with Gasteiger partial charge in [0, 0.05) is 19.6 Å². The van der Waals surface area contributed by atoms with Crippen molar-refractivity contribution in [2.24, 2.45) is 0 Å². The van der Waals surface area contributed by atoms with Crippen molar-refractivity contribution in [1.29, 1.82) is 0 Å². The van der Waals surface area contributed by atoms with Crippen LogP contribution in [-0.4, -0.2) is 124 Å². The molecule has 1 aromatic rings. The molecule has 0 aromatic heterocycles. The fourth-order valence-electron chi connectivity index (χ4n) is 3.34. The van der Waals surface area contributed by atoms with Crippen molar-refractivity contribution in [3.8, 4) is 5.75 Å². The first kappa shape index (κ1) is 28.8. The van der Waals surface area contributed by atoms with Gasteiger partial charge in [0.25, 0.3) is 5.91 Å². The Balaban J connectivity index is 0.00000432. The third-order valence-electron chi connectivity index (χ3n) is 5.26. The van der Waals surface area contributed by atoms with E-state index in [1.807, 2.05) is 0 Å². The number of amides is 6. The van der Waals surface area contributed by atoms with Gasteiger partial charge in [-0.15, -0.1) is 0 Å². The predicted molar refractivity (Wildman–Crippen MR) is 121 cm³/mol. The van der Waals surface area contributed by atoms with Gasteiger partial charge >= 0.3 is 57.7 Å². The number of rotatable bonds is 6. The molecule has 2 heterocycles. The average molecular weight is 542 g/mol. The number of benzene rings is 1. The number of piperazine rings is 1. The molecule has 0 saturated carbocycles. The van der Waals surface area contributed by atoms with E-state index < -0.39 is 58.6 Å². The third kappa shape index (κ3) is 6.05. The van der Waals surface area contributed by atoms with Crippen molar-refractivity contribution in [1.82, 2.24) is 24.7 Å². The van der Waals surface area contributed by atoms with E-state index in [-0.39, 0.29) is 69.8 Å². The average Bonchev–Trinajstić information content (AvgIpc) is 2.76. The number of urea groups is 1. The molecule has 0 radical (unpaired) electrons. The molecule has 1 aromatic carbocycles. The van der Waals surface area contributed by atoms with Crippen LogP contribution < -0.4 is 10.6 Å². The summed E-state index contributed by atoms with van der Waals surface area (Å²) in [4.78, 5) is 63.9. The minimum absolute atomic E-state index is 0. The second kappa shape index (κ2) is 11.1. The number of nitrogens with one attached hydrogen (secondary N) is 2. The molecule has 14 nitrogen and oxygen atoms in total. The number of imide groups is 1. The van der Waals surface area contributed by atoms with Crippen LogP contribution >= 0.6 is 11.6 Å². The number of hydrogen-bond acceptors (Lipinski definition) is 8. The van der Waals surface area contributed by atoms with E-state index in [1.165, 1.54) is 11.0 Å². The van der Waals surface area contributed by atoms with Crippen LogP contribution in [0.4, 0.5) is 4.79 Å². The number of β-lactam (4-membered cyclic amide) rings is 1. The monoisotopic (exact) mass is 541 g/mol. The van der Waals surface area contributed by atoms with Gasteiger partial charge in [0.2, 0.25) is 5.91 Å². The van der Waals surface area contributed by atoms with E-state index >= 15 is 0 Å². The normalized spacial score (nSPS) is 19.0. The van der Waals surface area contributed by atoms with Crippen LogP contribution in [0.5, 0.6) is 5.75 Å². The maximum absolute atomic E-state index is 12.9. The zero-order chi connectivity index (χ0) is 25.4. The topological polar surface area (TPSA) is 194 Å². The van der Waals surface area contributed by atoms with Crippen molar-refractivity contribution in [3.63, 3.8) is 0 Å². The molecule has 0 bridgehead atoms. The van der Waals surface area contributed by atoms with Gasteiger partial charge in [-0.2, -0.15) is 8.42 Å². The fraction of sp³-hybridized carbons (Fsp3) is 0.389. The molecule has 0 aliphatic carbocycles.